The average molecular weight is 338 g/mol. The highest BCUT2D eigenvalue weighted by Crippen LogP contribution is 2.42. The van der Waals surface area contributed by atoms with Crippen molar-refractivity contribution in [3.05, 3.63) is 41.7 Å². The fraction of sp³-hybridized carbons (Fsp3) is 0.333. The van der Waals surface area contributed by atoms with Crippen molar-refractivity contribution < 1.29 is 0 Å². The van der Waals surface area contributed by atoms with Gasteiger partial charge >= 0.3 is 0 Å². The lowest BCUT2D eigenvalue weighted by Crippen LogP contribution is -2.14. The first-order valence-corrected chi connectivity index (χ1v) is 8.36. The van der Waals surface area contributed by atoms with Crippen LogP contribution < -0.4 is 0 Å². The van der Waals surface area contributed by atoms with Gasteiger partial charge in [-0.1, -0.05) is 17.7 Å². The van der Waals surface area contributed by atoms with Crippen molar-refractivity contribution in [1.82, 2.24) is 14.8 Å². The van der Waals surface area contributed by atoms with E-state index >= 15 is 0 Å². The lowest BCUT2D eigenvalue weighted by molar-refractivity contribution is 0.610. The van der Waals surface area contributed by atoms with Crippen LogP contribution in [-0.4, -0.2) is 26.0 Å². The summed E-state index contributed by atoms with van der Waals surface area (Å²) in [6, 6.07) is 8.14. The zero-order valence-electron chi connectivity index (χ0n) is 13.3. The van der Waals surface area contributed by atoms with Gasteiger partial charge in [0.25, 0.3) is 0 Å². The summed E-state index contributed by atoms with van der Waals surface area (Å²) in [5.41, 5.74) is 3.70. The summed E-state index contributed by atoms with van der Waals surface area (Å²) >= 11 is 6.28. The molecule has 5 nitrogen and oxygen atoms in total. The summed E-state index contributed by atoms with van der Waals surface area (Å²) in [5, 5.41) is 18.0. The minimum atomic E-state index is 0.264. The van der Waals surface area contributed by atoms with E-state index < -0.39 is 0 Å². The number of aryl methyl sites for hydroxylation is 1. The molecule has 1 aliphatic carbocycles. The van der Waals surface area contributed by atoms with E-state index in [2.05, 4.69) is 21.3 Å². The van der Waals surface area contributed by atoms with Gasteiger partial charge in [-0.3, -0.25) is 4.99 Å². The monoisotopic (exact) mass is 337 g/mol. The first-order chi connectivity index (χ1) is 11.7. The molecule has 0 saturated heterocycles. The maximum Gasteiger partial charge on any atom is 0.164 e. The van der Waals surface area contributed by atoms with Crippen LogP contribution in [0.1, 0.15) is 30.4 Å². The van der Waals surface area contributed by atoms with Gasteiger partial charge in [-0.15, -0.1) is 10.2 Å². The second-order valence-electron chi connectivity index (χ2n) is 6.37. The van der Waals surface area contributed by atoms with Crippen molar-refractivity contribution in [3.8, 4) is 17.5 Å². The van der Waals surface area contributed by atoms with Crippen molar-refractivity contribution in [3.63, 3.8) is 0 Å². The van der Waals surface area contributed by atoms with Gasteiger partial charge in [0, 0.05) is 12.6 Å². The number of nitrogens with zero attached hydrogens (tertiary/aromatic N) is 5. The smallest absolute Gasteiger partial charge is 0.164 e. The van der Waals surface area contributed by atoms with Gasteiger partial charge in [0.15, 0.2) is 5.82 Å². The molecule has 0 bridgehead atoms. The number of nitriles is 1. The summed E-state index contributed by atoms with van der Waals surface area (Å²) < 4.78 is 1.86. The lowest BCUT2D eigenvalue weighted by atomic mass is 9.90. The molecule has 0 N–H and O–H groups in total. The van der Waals surface area contributed by atoms with Crippen molar-refractivity contribution >= 4 is 22.3 Å². The zero-order valence-corrected chi connectivity index (χ0v) is 14.0. The molecule has 1 aromatic carbocycles. The topological polar surface area (TPSA) is 66.9 Å². The van der Waals surface area contributed by atoms with Gasteiger partial charge in [-0.25, -0.2) is 0 Å². The second kappa shape index (κ2) is 5.88. The van der Waals surface area contributed by atoms with Gasteiger partial charge in [0.1, 0.15) is 11.5 Å². The molecule has 2 aromatic rings. The molecule has 1 fully saturated rings. The largest absolute Gasteiger partial charge is 0.317 e. The Hall–Kier alpha value is -2.45. The Kier molecular flexibility index (Phi) is 3.70. The third-order valence-electron chi connectivity index (χ3n) is 4.62. The second-order valence-corrected chi connectivity index (χ2v) is 6.76. The Labute approximate surface area is 145 Å². The molecule has 6 heteroatoms. The van der Waals surface area contributed by atoms with Crippen LogP contribution >= 0.6 is 11.6 Å². The van der Waals surface area contributed by atoms with Crippen LogP contribution in [0, 0.1) is 17.2 Å². The molecule has 1 atom stereocenters. The van der Waals surface area contributed by atoms with Crippen LogP contribution in [0.15, 0.2) is 35.6 Å². The Morgan fingerprint density at radius 3 is 2.79 bits per heavy atom. The number of dihydropyridines is 1. The van der Waals surface area contributed by atoms with E-state index in [9.17, 15) is 5.26 Å². The van der Waals surface area contributed by atoms with E-state index in [1.165, 1.54) is 12.8 Å². The molecule has 2 heterocycles. The average Bonchev–Trinajstić information content (AvgIpc) is 3.35. The predicted octanol–water partition coefficient (Wildman–Crippen LogP) is 3.56. The quantitative estimate of drug-likeness (QED) is 0.860. The Morgan fingerprint density at radius 2 is 2.12 bits per heavy atom. The van der Waals surface area contributed by atoms with Gasteiger partial charge in [0.2, 0.25) is 0 Å². The van der Waals surface area contributed by atoms with Crippen molar-refractivity contribution in [2.75, 3.05) is 0 Å². The van der Waals surface area contributed by atoms with Gasteiger partial charge in [-0.05, 0) is 54.5 Å². The van der Waals surface area contributed by atoms with Crippen LogP contribution in [0.3, 0.4) is 0 Å². The third-order valence-corrected chi connectivity index (χ3v) is 4.83. The summed E-state index contributed by atoms with van der Waals surface area (Å²) in [5.74, 6) is 1.39. The van der Waals surface area contributed by atoms with E-state index in [1.54, 1.807) is 6.33 Å². The van der Waals surface area contributed by atoms with Crippen molar-refractivity contribution in [2.45, 2.75) is 25.3 Å². The number of halogens is 1. The van der Waals surface area contributed by atoms with Gasteiger partial charge < -0.3 is 4.57 Å². The molecule has 4 rings (SSSR count). The van der Waals surface area contributed by atoms with Crippen LogP contribution in [-0.2, 0) is 7.05 Å². The fourth-order valence-corrected chi connectivity index (χ4v) is 3.47. The molecule has 0 spiro atoms. The summed E-state index contributed by atoms with van der Waals surface area (Å²) in [6.45, 7) is 0. The summed E-state index contributed by atoms with van der Waals surface area (Å²) in [7, 11) is 1.90. The van der Waals surface area contributed by atoms with Crippen LogP contribution in [0.5, 0.6) is 0 Å². The van der Waals surface area contributed by atoms with Crippen molar-refractivity contribution in [2.24, 2.45) is 18.0 Å². The highest BCUT2D eigenvalue weighted by Gasteiger charge is 2.33. The normalized spacial score (nSPS) is 20.3. The number of allylic oxidation sites excluding steroid dienone is 1. The Morgan fingerprint density at radius 1 is 1.29 bits per heavy atom. The van der Waals surface area contributed by atoms with Crippen molar-refractivity contribution in [1.29, 1.82) is 5.26 Å². The van der Waals surface area contributed by atoms with E-state index in [4.69, 9.17) is 11.6 Å². The van der Waals surface area contributed by atoms with Gasteiger partial charge in [-0.2, -0.15) is 5.26 Å². The number of aromatic nitrogens is 3. The molecule has 1 aliphatic heterocycles. The predicted molar refractivity (Wildman–Crippen MR) is 93.5 cm³/mol. The number of rotatable bonds is 3. The molecule has 24 heavy (non-hydrogen) atoms. The molecular formula is C18H16ClN5. The van der Waals surface area contributed by atoms with E-state index in [0.717, 1.165) is 28.9 Å². The fourth-order valence-electron chi connectivity index (χ4n) is 3.22. The third kappa shape index (κ3) is 2.74. The minimum absolute atomic E-state index is 0.264. The highest BCUT2D eigenvalue weighted by molar-refractivity contribution is 6.69. The first kappa shape index (κ1) is 15.1. The molecule has 0 radical (unpaired) electrons. The van der Waals surface area contributed by atoms with Crippen LogP contribution in [0.4, 0.5) is 0 Å². The molecular weight excluding hydrogens is 322 g/mol. The SMILES string of the molecule is Cn1cnnc1-c1cc(C#N)ccc1C1=CC(Cl)=NC(C2CC2)C1. The maximum absolute atomic E-state index is 9.25. The zero-order chi connectivity index (χ0) is 16.7. The highest BCUT2D eigenvalue weighted by atomic mass is 35.5. The number of benzene rings is 1. The molecule has 1 aromatic heterocycles. The standard InChI is InChI=1S/C18H16ClN5/c1-24-10-21-23-18(24)15-6-11(9-20)2-5-14(15)13-7-16(12-3-4-12)22-17(19)8-13/h2,5-6,8,10,12,16H,3-4,7H2,1H3. The Bertz CT molecular complexity index is 898. The molecule has 120 valence electrons. The number of aliphatic imine (C=N–C) groups is 1. The summed E-state index contributed by atoms with van der Waals surface area (Å²) in [6.07, 6.45) is 6.93. The molecule has 2 aliphatic rings. The van der Waals surface area contributed by atoms with E-state index in [-0.39, 0.29) is 6.04 Å². The number of hydrogen-bond donors (Lipinski definition) is 0. The van der Waals surface area contributed by atoms with E-state index in [1.807, 2.05) is 35.9 Å². The first-order valence-electron chi connectivity index (χ1n) is 7.98. The maximum atomic E-state index is 9.25. The van der Waals surface area contributed by atoms with Crippen LogP contribution in [0.25, 0.3) is 17.0 Å². The molecule has 0 amide bonds. The molecule has 1 unspecified atom stereocenters. The van der Waals surface area contributed by atoms with Gasteiger partial charge in [0.05, 0.1) is 17.7 Å². The minimum Gasteiger partial charge on any atom is -0.317 e. The van der Waals surface area contributed by atoms with Crippen LogP contribution in [0.2, 0.25) is 0 Å². The summed E-state index contributed by atoms with van der Waals surface area (Å²) in [4.78, 5) is 4.58. The number of hydrogen-bond acceptors (Lipinski definition) is 4. The van der Waals surface area contributed by atoms with E-state index in [0.29, 0.717) is 16.7 Å². The Balaban J connectivity index is 1.82. The lowest BCUT2D eigenvalue weighted by Gasteiger charge is -2.21. The molecule has 1 saturated carbocycles.